The van der Waals surface area contributed by atoms with Gasteiger partial charge in [0.15, 0.2) is 10.9 Å². The summed E-state index contributed by atoms with van der Waals surface area (Å²) in [6.45, 7) is 1.39. The second kappa shape index (κ2) is 4.13. The van der Waals surface area contributed by atoms with E-state index in [2.05, 4.69) is 10.3 Å². The van der Waals surface area contributed by atoms with Gasteiger partial charge in [-0.1, -0.05) is 11.3 Å². The number of hydrogen-bond donors (Lipinski definition) is 1. The molecular formula is C10H10N2O3S. The van der Waals surface area contributed by atoms with Crippen LogP contribution >= 0.6 is 11.3 Å². The first kappa shape index (κ1) is 10.9. The van der Waals surface area contributed by atoms with Crippen molar-refractivity contribution in [2.75, 3.05) is 5.32 Å². The number of Topliss-reactive ketones (excluding diaryl/α,β-unsaturated/α-hetero) is 1. The van der Waals surface area contributed by atoms with E-state index in [0.717, 1.165) is 11.3 Å². The second-order valence-electron chi connectivity index (χ2n) is 3.62. The second-order valence-corrected chi connectivity index (χ2v) is 4.62. The highest BCUT2D eigenvalue weighted by atomic mass is 32.1. The molecule has 0 radical (unpaired) electrons. The molecule has 16 heavy (non-hydrogen) atoms. The molecule has 1 aromatic rings. The van der Waals surface area contributed by atoms with Crippen molar-refractivity contribution in [3.05, 3.63) is 10.6 Å². The van der Waals surface area contributed by atoms with Gasteiger partial charge in [-0.2, -0.15) is 0 Å². The van der Waals surface area contributed by atoms with Gasteiger partial charge in [0.1, 0.15) is 6.29 Å². The summed E-state index contributed by atoms with van der Waals surface area (Å²) >= 11 is 1.14. The molecule has 1 aliphatic carbocycles. The lowest BCUT2D eigenvalue weighted by Crippen LogP contribution is -2.22. The first-order valence-electron chi connectivity index (χ1n) is 4.88. The molecule has 0 aromatic carbocycles. The number of carbonyl (C=O) groups is 3. The Morgan fingerprint density at radius 1 is 1.62 bits per heavy atom. The highest BCUT2D eigenvalue weighted by Crippen LogP contribution is 2.31. The molecule has 1 aliphatic rings. The molecule has 6 heteroatoms. The predicted octanol–water partition coefficient (Wildman–Crippen LogP) is 1.05. The maximum atomic E-state index is 11.8. The van der Waals surface area contributed by atoms with E-state index >= 15 is 0 Å². The minimum absolute atomic E-state index is 0.176. The average Bonchev–Trinajstić information content (AvgIpc) is 2.61. The van der Waals surface area contributed by atoms with Crippen LogP contribution in [0.5, 0.6) is 0 Å². The molecule has 0 saturated carbocycles. The van der Waals surface area contributed by atoms with Crippen LogP contribution in [0.15, 0.2) is 0 Å². The SMILES string of the molecule is CC(=O)Nc1nc2c(s1)C(=O)C(C=O)CC2. The van der Waals surface area contributed by atoms with Crippen molar-refractivity contribution in [3.8, 4) is 0 Å². The Labute approximate surface area is 95.9 Å². The minimum atomic E-state index is -0.543. The summed E-state index contributed by atoms with van der Waals surface area (Å²) in [5, 5.41) is 2.97. The Morgan fingerprint density at radius 2 is 2.38 bits per heavy atom. The Bertz CT molecular complexity index is 467. The molecule has 0 spiro atoms. The molecule has 0 bridgehead atoms. The topological polar surface area (TPSA) is 76.1 Å². The molecule has 1 aromatic heterocycles. The largest absolute Gasteiger partial charge is 0.303 e. The van der Waals surface area contributed by atoms with Crippen molar-refractivity contribution in [3.63, 3.8) is 0 Å². The van der Waals surface area contributed by atoms with Crippen molar-refractivity contribution >= 4 is 34.4 Å². The Kier molecular flexibility index (Phi) is 2.82. The predicted molar refractivity (Wildman–Crippen MR) is 58.6 cm³/mol. The van der Waals surface area contributed by atoms with Gasteiger partial charge in [0.2, 0.25) is 5.91 Å². The number of amides is 1. The van der Waals surface area contributed by atoms with Crippen LogP contribution in [0.3, 0.4) is 0 Å². The Balaban J connectivity index is 2.31. The van der Waals surface area contributed by atoms with Crippen molar-refractivity contribution in [2.24, 2.45) is 5.92 Å². The number of anilines is 1. The van der Waals surface area contributed by atoms with E-state index in [0.29, 0.717) is 34.8 Å². The third kappa shape index (κ3) is 1.88. The maximum Gasteiger partial charge on any atom is 0.223 e. The minimum Gasteiger partial charge on any atom is -0.303 e. The quantitative estimate of drug-likeness (QED) is 0.617. The number of ketones is 1. The van der Waals surface area contributed by atoms with Crippen LogP contribution in [-0.4, -0.2) is 23.0 Å². The van der Waals surface area contributed by atoms with Crippen LogP contribution < -0.4 is 5.32 Å². The first-order valence-corrected chi connectivity index (χ1v) is 5.70. The van der Waals surface area contributed by atoms with E-state index in [-0.39, 0.29) is 11.7 Å². The number of aldehydes is 1. The van der Waals surface area contributed by atoms with E-state index in [4.69, 9.17) is 0 Å². The molecule has 1 atom stereocenters. The average molecular weight is 238 g/mol. The highest BCUT2D eigenvalue weighted by Gasteiger charge is 2.30. The standard InChI is InChI=1S/C10H10N2O3S/c1-5(14)11-10-12-7-3-2-6(4-13)8(15)9(7)16-10/h4,6H,2-3H2,1H3,(H,11,12,14). The monoisotopic (exact) mass is 238 g/mol. The summed E-state index contributed by atoms with van der Waals surface area (Å²) in [6.07, 6.45) is 1.81. The Hall–Kier alpha value is -1.56. The molecule has 5 nitrogen and oxygen atoms in total. The lowest BCUT2D eigenvalue weighted by Gasteiger charge is -2.13. The number of carbonyl (C=O) groups excluding carboxylic acids is 3. The van der Waals surface area contributed by atoms with Gasteiger partial charge in [-0.25, -0.2) is 4.98 Å². The van der Waals surface area contributed by atoms with Crippen molar-refractivity contribution < 1.29 is 14.4 Å². The summed E-state index contributed by atoms with van der Waals surface area (Å²) in [6, 6.07) is 0. The van der Waals surface area contributed by atoms with E-state index in [1.807, 2.05) is 0 Å². The molecule has 0 saturated heterocycles. The highest BCUT2D eigenvalue weighted by molar-refractivity contribution is 7.17. The lowest BCUT2D eigenvalue weighted by molar-refractivity contribution is -0.114. The molecule has 1 N–H and O–H groups in total. The molecule has 1 unspecified atom stereocenters. The zero-order valence-corrected chi connectivity index (χ0v) is 9.47. The zero-order valence-electron chi connectivity index (χ0n) is 8.65. The summed E-state index contributed by atoms with van der Waals surface area (Å²) in [5.74, 6) is -0.936. The van der Waals surface area contributed by atoms with Crippen LogP contribution in [0.4, 0.5) is 5.13 Å². The van der Waals surface area contributed by atoms with E-state index in [9.17, 15) is 14.4 Å². The Morgan fingerprint density at radius 3 is 3.00 bits per heavy atom. The lowest BCUT2D eigenvalue weighted by atomic mass is 9.91. The molecule has 1 heterocycles. The molecule has 0 aliphatic heterocycles. The summed E-state index contributed by atoms with van der Waals surface area (Å²) < 4.78 is 0. The molecule has 2 rings (SSSR count). The normalized spacial score (nSPS) is 19.1. The van der Waals surface area contributed by atoms with Crippen LogP contribution in [0.2, 0.25) is 0 Å². The number of fused-ring (bicyclic) bond motifs is 1. The van der Waals surface area contributed by atoms with Crippen LogP contribution in [0.25, 0.3) is 0 Å². The van der Waals surface area contributed by atoms with E-state index in [1.165, 1.54) is 6.92 Å². The third-order valence-electron chi connectivity index (χ3n) is 2.40. The molecule has 1 amide bonds. The summed E-state index contributed by atoms with van der Waals surface area (Å²) in [4.78, 5) is 37.9. The zero-order chi connectivity index (χ0) is 11.7. The fourth-order valence-corrected chi connectivity index (χ4v) is 2.70. The number of thiazole rings is 1. The number of hydrogen-bond acceptors (Lipinski definition) is 5. The van der Waals surface area contributed by atoms with Gasteiger partial charge < -0.3 is 10.1 Å². The first-order chi connectivity index (χ1) is 7.61. The number of nitrogens with zero attached hydrogens (tertiary/aromatic N) is 1. The molecule has 84 valence electrons. The van der Waals surface area contributed by atoms with Crippen molar-refractivity contribution in [1.29, 1.82) is 0 Å². The summed E-state index contributed by atoms with van der Waals surface area (Å²) in [5.41, 5.74) is 0.692. The van der Waals surface area contributed by atoms with Gasteiger partial charge in [0.25, 0.3) is 0 Å². The fraction of sp³-hybridized carbons (Fsp3) is 0.400. The maximum absolute atomic E-state index is 11.8. The number of aromatic nitrogens is 1. The van der Waals surface area contributed by atoms with Crippen LogP contribution in [-0.2, 0) is 16.0 Å². The third-order valence-corrected chi connectivity index (χ3v) is 3.42. The number of nitrogens with one attached hydrogen (secondary N) is 1. The van der Waals surface area contributed by atoms with Gasteiger partial charge in [-0.3, -0.25) is 9.59 Å². The van der Waals surface area contributed by atoms with Gasteiger partial charge in [-0.15, -0.1) is 0 Å². The van der Waals surface area contributed by atoms with Gasteiger partial charge in [0.05, 0.1) is 16.5 Å². The smallest absolute Gasteiger partial charge is 0.223 e. The molecule has 0 fully saturated rings. The van der Waals surface area contributed by atoms with Crippen LogP contribution in [0.1, 0.15) is 28.7 Å². The molecular weight excluding hydrogens is 228 g/mol. The fourth-order valence-electron chi connectivity index (χ4n) is 1.64. The van der Waals surface area contributed by atoms with E-state index in [1.54, 1.807) is 0 Å². The van der Waals surface area contributed by atoms with Gasteiger partial charge >= 0.3 is 0 Å². The van der Waals surface area contributed by atoms with Gasteiger partial charge in [0, 0.05) is 6.92 Å². The van der Waals surface area contributed by atoms with Crippen molar-refractivity contribution in [1.82, 2.24) is 4.98 Å². The number of aryl methyl sites for hydroxylation is 1. The van der Waals surface area contributed by atoms with Crippen molar-refractivity contribution in [2.45, 2.75) is 19.8 Å². The van der Waals surface area contributed by atoms with Crippen LogP contribution in [0, 0.1) is 5.92 Å². The summed E-state index contributed by atoms with van der Waals surface area (Å²) in [7, 11) is 0. The van der Waals surface area contributed by atoms with E-state index < -0.39 is 5.92 Å². The van der Waals surface area contributed by atoms with Gasteiger partial charge in [-0.05, 0) is 12.8 Å². The number of rotatable bonds is 2.